The first-order valence-corrected chi connectivity index (χ1v) is 10.2. The van der Waals surface area contributed by atoms with E-state index in [1.807, 2.05) is 19.1 Å². The smallest absolute Gasteiger partial charge is 0.387 e. The molecule has 1 heterocycles. The number of carbonyl (C=O) groups excluding carboxylic acids is 1. The number of carbonyl (C=O) groups is 1. The zero-order valence-electron chi connectivity index (χ0n) is 18.7. The lowest BCUT2D eigenvalue weighted by Crippen LogP contribution is -2.06. The van der Waals surface area contributed by atoms with E-state index in [0.717, 1.165) is 11.1 Å². The Kier molecular flexibility index (Phi) is 7.48. The molecule has 3 rings (SSSR count). The van der Waals surface area contributed by atoms with Gasteiger partial charge >= 0.3 is 18.2 Å². The van der Waals surface area contributed by atoms with Gasteiger partial charge in [0, 0.05) is 23.1 Å². The molecule has 174 valence electrons. The van der Waals surface area contributed by atoms with Crippen LogP contribution >= 0.6 is 0 Å². The second kappa shape index (κ2) is 10.3. The molecule has 0 spiro atoms. The van der Waals surface area contributed by atoms with E-state index in [-0.39, 0.29) is 24.0 Å². The highest BCUT2D eigenvalue weighted by molar-refractivity contribution is 5.88. The van der Waals surface area contributed by atoms with Crippen LogP contribution < -0.4 is 15.1 Å². The summed E-state index contributed by atoms with van der Waals surface area (Å²) in [4.78, 5) is 24.2. The maximum Gasteiger partial charge on any atom is 0.387 e. The van der Waals surface area contributed by atoms with Crippen LogP contribution in [0, 0.1) is 6.92 Å². The van der Waals surface area contributed by atoms with E-state index >= 15 is 0 Å². The molecule has 0 atom stereocenters. The first-order valence-electron chi connectivity index (χ1n) is 10.2. The lowest BCUT2D eigenvalue weighted by Gasteiger charge is -2.13. The minimum Gasteiger partial charge on any atom is -0.493 e. The van der Waals surface area contributed by atoms with Gasteiger partial charge in [0.05, 0.1) is 7.11 Å². The van der Waals surface area contributed by atoms with Crippen molar-refractivity contribution < 1.29 is 32.2 Å². The van der Waals surface area contributed by atoms with Gasteiger partial charge in [-0.3, -0.25) is 0 Å². The fraction of sp³-hybridized carbons (Fsp3) is 0.280. The van der Waals surface area contributed by atoms with Crippen LogP contribution in [-0.4, -0.2) is 19.7 Å². The molecule has 2 aromatic carbocycles. The molecule has 0 N–H and O–H groups in total. The van der Waals surface area contributed by atoms with Crippen LogP contribution in [0.3, 0.4) is 0 Å². The van der Waals surface area contributed by atoms with Crippen LogP contribution in [0.4, 0.5) is 8.78 Å². The number of fused-ring (bicyclic) bond motifs is 1. The Bertz CT molecular complexity index is 1240. The van der Waals surface area contributed by atoms with Crippen LogP contribution in [0.15, 0.2) is 51.7 Å². The quantitative estimate of drug-likeness (QED) is 0.249. The van der Waals surface area contributed by atoms with Crippen molar-refractivity contribution in [2.24, 2.45) is 0 Å². The van der Waals surface area contributed by atoms with Crippen LogP contribution in [0.25, 0.3) is 17.0 Å². The molecule has 0 saturated heterocycles. The number of methoxy groups -OCH3 is 1. The SMILES string of the molecule is COc1cc(/C=C/C(=O)OCc2cc(=O)oc3cc(C)c(C(C)C)cc23)ccc1OC(F)F. The van der Waals surface area contributed by atoms with E-state index in [4.69, 9.17) is 13.9 Å². The van der Waals surface area contributed by atoms with E-state index in [2.05, 4.69) is 18.6 Å². The lowest BCUT2D eigenvalue weighted by atomic mass is 9.95. The second-order valence-corrected chi connectivity index (χ2v) is 7.68. The third kappa shape index (κ3) is 5.97. The Hall–Kier alpha value is -3.68. The number of alkyl halides is 2. The summed E-state index contributed by atoms with van der Waals surface area (Å²) in [7, 11) is 1.32. The number of benzene rings is 2. The molecule has 6 nitrogen and oxygen atoms in total. The molecule has 33 heavy (non-hydrogen) atoms. The molecule has 3 aromatic rings. The van der Waals surface area contributed by atoms with E-state index in [9.17, 15) is 18.4 Å². The highest BCUT2D eigenvalue weighted by Gasteiger charge is 2.13. The predicted molar refractivity (Wildman–Crippen MR) is 120 cm³/mol. The van der Waals surface area contributed by atoms with Crippen LogP contribution in [0.1, 0.15) is 42.0 Å². The number of esters is 1. The largest absolute Gasteiger partial charge is 0.493 e. The van der Waals surface area contributed by atoms with Crippen molar-refractivity contribution in [3.05, 3.63) is 75.1 Å². The van der Waals surface area contributed by atoms with E-state index in [1.165, 1.54) is 43.5 Å². The van der Waals surface area contributed by atoms with Crippen molar-refractivity contribution in [2.45, 2.75) is 39.9 Å². The zero-order chi connectivity index (χ0) is 24.1. The summed E-state index contributed by atoms with van der Waals surface area (Å²) in [5.74, 6) is -0.379. The van der Waals surface area contributed by atoms with Gasteiger partial charge in [-0.2, -0.15) is 8.78 Å². The number of hydrogen-bond acceptors (Lipinski definition) is 6. The van der Waals surface area contributed by atoms with E-state index in [1.54, 1.807) is 0 Å². The first kappa shape index (κ1) is 24.0. The van der Waals surface area contributed by atoms with Crippen molar-refractivity contribution in [1.82, 2.24) is 0 Å². The van der Waals surface area contributed by atoms with Crippen LogP contribution in [-0.2, 0) is 16.1 Å². The summed E-state index contributed by atoms with van der Waals surface area (Å²) >= 11 is 0. The second-order valence-electron chi connectivity index (χ2n) is 7.68. The molecule has 8 heteroatoms. The Morgan fingerprint density at radius 3 is 2.55 bits per heavy atom. The molecule has 0 bridgehead atoms. The van der Waals surface area contributed by atoms with E-state index in [0.29, 0.717) is 22.1 Å². The third-order valence-electron chi connectivity index (χ3n) is 5.02. The van der Waals surface area contributed by atoms with Gasteiger partial charge in [0.25, 0.3) is 0 Å². The molecular formula is C25H24F2O6. The fourth-order valence-corrected chi connectivity index (χ4v) is 3.48. The number of hydrogen-bond donors (Lipinski definition) is 0. The van der Waals surface area contributed by atoms with Gasteiger partial charge in [-0.15, -0.1) is 0 Å². The lowest BCUT2D eigenvalue weighted by molar-refractivity contribution is -0.138. The number of ether oxygens (including phenoxy) is 3. The third-order valence-corrected chi connectivity index (χ3v) is 5.02. The molecule has 0 fully saturated rings. The molecular weight excluding hydrogens is 434 g/mol. The fourth-order valence-electron chi connectivity index (χ4n) is 3.48. The van der Waals surface area contributed by atoms with Gasteiger partial charge in [-0.1, -0.05) is 19.9 Å². The van der Waals surface area contributed by atoms with Crippen LogP contribution in [0.5, 0.6) is 11.5 Å². The number of aryl methyl sites for hydroxylation is 1. The number of halogens is 2. The van der Waals surface area contributed by atoms with Gasteiger partial charge in [0.15, 0.2) is 11.5 Å². The Morgan fingerprint density at radius 2 is 1.88 bits per heavy atom. The van der Waals surface area contributed by atoms with Crippen molar-refractivity contribution in [2.75, 3.05) is 7.11 Å². The van der Waals surface area contributed by atoms with Crippen molar-refractivity contribution >= 4 is 23.0 Å². The monoisotopic (exact) mass is 458 g/mol. The molecule has 0 saturated carbocycles. The van der Waals surface area contributed by atoms with Crippen molar-refractivity contribution in [3.8, 4) is 11.5 Å². The standard InChI is InChI=1S/C25H24F2O6/c1-14(2)18-12-19-17(11-24(29)32-21(19)9-15(18)3)13-31-23(28)8-6-16-5-7-20(33-25(26)27)22(10-16)30-4/h5-12,14,25H,13H2,1-4H3/b8-6+. The molecule has 1 aromatic heterocycles. The van der Waals surface area contributed by atoms with Gasteiger partial charge in [-0.05, 0) is 59.9 Å². The van der Waals surface area contributed by atoms with Crippen LogP contribution in [0.2, 0.25) is 0 Å². The maximum absolute atomic E-state index is 12.4. The summed E-state index contributed by atoms with van der Waals surface area (Å²) in [5, 5.41) is 0.708. The average Bonchev–Trinajstić information content (AvgIpc) is 2.75. The van der Waals surface area contributed by atoms with Gasteiger partial charge < -0.3 is 18.6 Å². The Balaban J connectivity index is 1.76. The molecule has 0 aliphatic carbocycles. The summed E-state index contributed by atoms with van der Waals surface area (Å²) in [6.45, 7) is 2.99. The summed E-state index contributed by atoms with van der Waals surface area (Å²) in [6.07, 6.45) is 2.65. The molecule has 0 aliphatic rings. The molecule has 0 unspecified atom stereocenters. The summed E-state index contributed by atoms with van der Waals surface area (Å²) < 4.78 is 44.9. The minimum atomic E-state index is -2.98. The van der Waals surface area contributed by atoms with Crippen molar-refractivity contribution in [3.63, 3.8) is 0 Å². The van der Waals surface area contributed by atoms with Crippen molar-refractivity contribution in [1.29, 1.82) is 0 Å². The molecule has 0 amide bonds. The summed E-state index contributed by atoms with van der Waals surface area (Å²) in [6, 6.07) is 9.34. The molecule has 0 radical (unpaired) electrons. The highest BCUT2D eigenvalue weighted by atomic mass is 19.3. The highest BCUT2D eigenvalue weighted by Crippen LogP contribution is 2.30. The first-order chi connectivity index (χ1) is 15.7. The van der Waals surface area contributed by atoms with Gasteiger partial charge in [0.1, 0.15) is 12.2 Å². The summed E-state index contributed by atoms with van der Waals surface area (Å²) in [5.41, 5.74) is 3.09. The zero-order valence-corrected chi connectivity index (χ0v) is 18.7. The van der Waals surface area contributed by atoms with Gasteiger partial charge in [-0.25, -0.2) is 9.59 Å². The van der Waals surface area contributed by atoms with Gasteiger partial charge in [0.2, 0.25) is 0 Å². The average molecular weight is 458 g/mol. The molecule has 0 aliphatic heterocycles. The topological polar surface area (TPSA) is 75.0 Å². The number of rotatable bonds is 8. The Labute approximate surface area is 189 Å². The minimum absolute atomic E-state index is 0.101. The normalized spacial score (nSPS) is 11.5. The van der Waals surface area contributed by atoms with E-state index < -0.39 is 18.2 Å². The maximum atomic E-state index is 12.4. The Morgan fingerprint density at radius 1 is 1.12 bits per heavy atom. The predicted octanol–water partition coefficient (Wildman–Crippen LogP) is 5.59.